The highest BCUT2D eigenvalue weighted by Gasteiger charge is 2.39. The van der Waals surface area contributed by atoms with Gasteiger partial charge in [-0.2, -0.15) is 0 Å². The van der Waals surface area contributed by atoms with Crippen LogP contribution in [0.15, 0.2) is 97.1 Å². The lowest BCUT2D eigenvalue weighted by Gasteiger charge is -2.11. The fraction of sp³-hybridized carbons (Fsp3) is 0.0652. The van der Waals surface area contributed by atoms with Gasteiger partial charge >= 0.3 is 11.9 Å². The molecule has 0 radical (unpaired) electrons. The number of aliphatic hydroxyl groups excluding tert-OH is 1. The normalized spacial score (nSPS) is 16.0. The molecule has 60 heavy (non-hydrogen) atoms. The maximum atomic E-state index is 14.8. The van der Waals surface area contributed by atoms with Gasteiger partial charge in [0.2, 0.25) is 11.6 Å². The molecule has 2 heterocycles. The van der Waals surface area contributed by atoms with Crippen LogP contribution in [0.1, 0.15) is 73.4 Å². The summed E-state index contributed by atoms with van der Waals surface area (Å²) >= 11 is 1.89. The molecule has 0 bridgehead atoms. The van der Waals surface area contributed by atoms with Crippen molar-refractivity contribution in [1.82, 2.24) is 0 Å². The summed E-state index contributed by atoms with van der Waals surface area (Å²) < 4.78 is 70.4. The van der Waals surface area contributed by atoms with Gasteiger partial charge in [0.1, 0.15) is 42.6 Å². The number of aliphatic hydroxyl groups is 1. The van der Waals surface area contributed by atoms with Crippen LogP contribution in [0.3, 0.4) is 0 Å². The topological polar surface area (TPSA) is 124 Å². The number of carbonyl (C=O) groups is 5. The lowest BCUT2D eigenvalue weighted by atomic mass is 10.0. The highest BCUT2D eigenvalue weighted by Crippen LogP contribution is 2.46. The number of allylic oxidation sites excluding steroid dienone is 1. The number of halogens is 4. The SMILES string of the molecule is O=C1C(=O)c2c(F)cc(F)cc2/C1=C/c1cc2c(C(=O)OCc3ccccc3)c3sc(/C=C4/c5cc(F)cc(F)c5C(=O)C4O)cc3c(C(=O)OCc3ccccc3)c2s1. The predicted octanol–water partition coefficient (Wildman–Crippen LogP) is 9.79. The molecule has 0 fully saturated rings. The summed E-state index contributed by atoms with van der Waals surface area (Å²) in [4.78, 5) is 68.1. The van der Waals surface area contributed by atoms with Gasteiger partial charge in [0.05, 0.1) is 31.7 Å². The molecule has 1 atom stereocenters. The first-order chi connectivity index (χ1) is 28.9. The van der Waals surface area contributed by atoms with Crippen LogP contribution in [0, 0.1) is 23.3 Å². The van der Waals surface area contributed by atoms with E-state index in [-0.39, 0.29) is 76.5 Å². The lowest BCUT2D eigenvalue weighted by Crippen LogP contribution is -2.14. The summed E-state index contributed by atoms with van der Waals surface area (Å²) in [5, 5.41) is 11.3. The average Bonchev–Trinajstić information content (AvgIpc) is 3.95. The number of hydrogen-bond donors (Lipinski definition) is 1. The van der Waals surface area contributed by atoms with Gasteiger partial charge < -0.3 is 14.6 Å². The standard InChI is InChI=1S/C46H24F4O8S2/c47-23-11-27-29(39(51)41(53)35(27)33(49)13-23)15-25-17-31-37(45(55)57-19-21-7-3-1-4-8-21)43-32(38(44(31)60-25)46(56)58-20-22-9-5-2-6-10-22)18-26(59-43)16-30-28-12-24(48)14-34(50)36(28)42(54)40(30)52/h1-18,39,51H,19-20H2/b29-15-,30-16-. The number of esters is 2. The van der Waals surface area contributed by atoms with Crippen LogP contribution in [0.5, 0.6) is 0 Å². The monoisotopic (exact) mass is 844 g/mol. The lowest BCUT2D eigenvalue weighted by molar-refractivity contribution is -0.109. The highest BCUT2D eigenvalue weighted by atomic mass is 32.1. The number of benzene rings is 5. The summed E-state index contributed by atoms with van der Waals surface area (Å²) in [6.45, 7) is -0.306. The number of thiophene rings is 2. The van der Waals surface area contributed by atoms with Crippen LogP contribution in [-0.4, -0.2) is 40.5 Å². The molecule has 14 heteroatoms. The minimum atomic E-state index is -1.84. The van der Waals surface area contributed by atoms with Crippen molar-refractivity contribution in [2.75, 3.05) is 0 Å². The number of Topliss-reactive ketones (excluding diaryl/α,β-unsaturated/α-hetero) is 3. The first-order valence-corrected chi connectivity index (χ1v) is 19.7. The molecule has 0 saturated heterocycles. The van der Waals surface area contributed by atoms with Crippen molar-refractivity contribution in [3.8, 4) is 0 Å². The molecule has 1 N–H and O–H groups in total. The van der Waals surface area contributed by atoms with Crippen molar-refractivity contribution in [1.29, 1.82) is 0 Å². The second-order valence-corrected chi connectivity index (χ2v) is 16.0. The molecular formula is C46H24F4O8S2. The van der Waals surface area contributed by atoms with E-state index in [9.17, 15) is 46.6 Å². The Morgan fingerprint density at radius 2 is 1.10 bits per heavy atom. The Hall–Kier alpha value is -6.87. The second kappa shape index (κ2) is 15.1. The fourth-order valence-electron chi connectivity index (χ4n) is 7.39. The molecule has 2 aliphatic carbocycles. The van der Waals surface area contributed by atoms with E-state index >= 15 is 0 Å². The van der Waals surface area contributed by atoms with Crippen LogP contribution >= 0.6 is 22.7 Å². The van der Waals surface area contributed by atoms with Gasteiger partial charge in [-0.1, -0.05) is 60.7 Å². The largest absolute Gasteiger partial charge is 0.457 e. The number of ketones is 3. The van der Waals surface area contributed by atoms with Gasteiger partial charge in [-0.3, -0.25) is 14.4 Å². The summed E-state index contributed by atoms with van der Waals surface area (Å²) in [5.41, 5.74) is -0.616. The molecule has 7 aromatic rings. The molecule has 0 aliphatic heterocycles. The first kappa shape index (κ1) is 38.6. The van der Waals surface area contributed by atoms with E-state index < -0.39 is 69.8 Å². The number of hydrogen-bond acceptors (Lipinski definition) is 10. The van der Waals surface area contributed by atoms with Crippen molar-refractivity contribution in [3.63, 3.8) is 0 Å². The molecule has 9 rings (SSSR count). The summed E-state index contributed by atoms with van der Waals surface area (Å²) in [7, 11) is 0. The zero-order valence-electron chi connectivity index (χ0n) is 30.5. The highest BCUT2D eigenvalue weighted by molar-refractivity contribution is 7.22. The Bertz CT molecular complexity index is 2980. The Balaban J connectivity index is 1.27. The van der Waals surface area contributed by atoms with Gasteiger partial charge in [-0.15, -0.1) is 22.7 Å². The van der Waals surface area contributed by atoms with Crippen LogP contribution in [-0.2, 0) is 27.5 Å². The molecule has 8 nitrogen and oxygen atoms in total. The number of fused-ring (bicyclic) bond motifs is 4. The smallest absolute Gasteiger partial charge is 0.340 e. The number of ether oxygens (including phenoxy) is 2. The van der Waals surface area contributed by atoms with Gasteiger partial charge in [-0.25, -0.2) is 27.2 Å². The Morgan fingerprint density at radius 1 is 0.617 bits per heavy atom. The van der Waals surface area contributed by atoms with Crippen molar-refractivity contribution in [2.24, 2.45) is 0 Å². The third-order valence-electron chi connectivity index (χ3n) is 10.1. The molecule has 0 saturated carbocycles. The van der Waals surface area contributed by atoms with E-state index in [0.29, 0.717) is 23.3 Å². The zero-order valence-corrected chi connectivity index (χ0v) is 32.2. The predicted molar refractivity (Wildman–Crippen MR) is 216 cm³/mol. The van der Waals surface area contributed by atoms with Gasteiger partial charge in [0, 0.05) is 43.8 Å². The minimum absolute atomic E-state index is 0.0297. The quantitative estimate of drug-likeness (QED) is 0.0695. The van der Waals surface area contributed by atoms with Crippen LogP contribution in [0.2, 0.25) is 0 Å². The molecule has 2 aliphatic rings. The van der Waals surface area contributed by atoms with E-state index in [0.717, 1.165) is 34.8 Å². The van der Waals surface area contributed by atoms with Gasteiger partial charge in [0.15, 0.2) is 5.78 Å². The van der Waals surface area contributed by atoms with E-state index in [1.807, 2.05) is 0 Å². The van der Waals surface area contributed by atoms with Crippen molar-refractivity contribution in [2.45, 2.75) is 19.3 Å². The van der Waals surface area contributed by atoms with Gasteiger partial charge in [0.25, 0.3) is 0 Å². The van der Waals surface area contributed by atoms with Crippen LogP contribution in [0.4, 0.5) is 17.6 Å². The maximum Gasteiger partial charge on any atom is 0.340 e. The van der Waals surface area contributed by atoms with Crippen molar-refractivity contribution >= 4 is 95.4 Å². The second-order valence-electron chi connectivity index (χ2n) is 13.9. The van der Waals surface area contributed by atoms with E-state index in [4.69, 9.17) is 9.47 Å². The van der Waals surface area contributed by atoms with E-state index in [1.54, 1.807) is 60.7 Å². The minimum Gasteiger partial charge on any atom is -0.457 e. The average molecular weight is 845 g/mol. The summed E-state index contributed by atoms with van der Waals surface area (Å²) in [5.74, 6) is -9.20. The Labute approximate surface area is 344 Å². The zero-order chi connectivity index (χ0) is 42.0. The molecule has 2 aromatic heterocycles. The Kier molecular flexibility index (Phi) is 9.70. The molecule has 1 unspecified atom stereocenters. The van der Waals surface area contributed by atoms with E-state index in [1.165, 1.54) is 24.3 Å². The fourth-order valence-corrected chi connectivity index (χ4v) is 9.71. The van der Waals surface area contributed by atoms with Crippen LogP contribution in [0.25, 0.3) is 43.5 Å². The molecule has 0 amide bonds. The maximum absolute atomic E-state index is 14.8. The summed E-state index contributed by atoms with van der Waals surface area (Å²) in [6, 6.07) is 23.4. The van der Waals surface area contributed by atoms with Crippen molar-refractivity contribution < 1.29 is 56.1 Å². The van der Waals surface area contributed by atoms with Crippen molar-refractivity contribution in [3.05, 3.63) is 175 Å². The number of carbonyl (C=O) groups excluding carboxylic acids is 5. The van der Waals surface area contributed by atoms with Gasteiger partial charge in [-0.05, 0) is 58.7 Å². The first-order valence-electron chi connectivity index (χ1n) is 18.1. The van der Waals surface area contributed by atoms with Crippen LogP contribution < -0.4 is 0 Å². The number of rotatable bonds is 8. The third kappa shape index (κ3) is 6.64. The third-order valence-corrected chi connectivity index (χ3v) is 12.3. The van der Waals surface area contributed by atoms with E-state index in [2.05, 4.69) is 0 Å². The Morgan fingerprint density at radius 3 is 1.63 bits per heavy atom. The molecule has 5 aromatic carbocycles. The molecule has 296 valence electrons. The summed E-state index contributed by atoms with van der Waals surface area (Å²) in [6.07, 6.45) is 0.758. The molecular weight excluding hydrogens is 821 g/mol. The molecule has 0 spiro atoms.